The summed E-state index contributed by atoms with van der Waals surface area (Å²) in [5.41, 5.74) is 3.26. The Morgan fingerprint density at radius 1 is 1.35 bits per heavy atom. The monoisotopic (exact) mass is 333 g/mol. The van der Waals surface area contributed by atoms with Gasteiger partial charge in [0, 0.05) is 22.8 Å². The van der Waals surface area contributed by atoms with Crippen LogP contribution in [0.25, 0.3) is 0 Å². The number of benzene rings is 2. The zero-order valence-corrected chi connectivity index (χ0v) is 13.4. The highest BCUT2D eigenvalue weighted by Gasteiger charge is 2.26. The topological polar surface area (TPSA) is 40.5 Å². The summed E-state index contributed by atoms with van der Waals surface area (Å²) in [6.07, 6.45) is -0.705. The molecule has 1 heterocycles. The number of aliphatic carboxylic acids is 1. The summed E-state index contributed by atoms with van der Waals surface area (Å²) in [5.74, 6) is -1.50. The number of anilines is 2. The quantitative estimate of drug-likeness (QED) is 0.895. The van der Waals surface area contributed by atoms with Crippen molar-refractivity contribution < 1.29 is 14.3 Å². The van der Waals surface area contributed by atoms with Crippen LogP contribution in [-0.2, 0) is 11.2 Å². The lowest BCUT2D eigenvalue weighted by molar-refractivity contribution is -0.138. The van der Waals surface area contributed by atoms with E-state index in [0.717, 1.165) is 16.9 Å². The van der Waals surface area contributed by atoms with Crippen LogP contribution in [0, 0.1) is 0 Å². The number of rotatable bonds is 3. The summed E-state index contributed by atoms with van der Waals surface area (Å²) in [5, 5.41) is 9.75. The van der Waals surface area contributed by atoms with Gasteiger partial charge in [0.1, 0.15) is 6.17 Å². The fraction of sp³-hybridized carbons (Fsp3) is 0.278. The number of halogens is 2. The molecular weight excluding hydrogens is 317 g/mol. The molecule has 5 heteroatoms. The number of carboxylic acid groups (broad SMARTS) is 1. The van der Waals surface area contributed by atoms with Crippen LogP contribution in [0.3, 0.4) is 0 Å². The summed E-state index contributed by atoms with van der Waals surface area (Å²) in [6, 6.07) is 12.8. The third-order valence-corrected chi connectivity index (χ3v) is 4.44. The second-order valence-electron chi connectivity index (χ2n) is 5.84. The molecule has 1 N–H and O–H groups in total. The number of carboxylic acids is 1. The van der Waals surface area contributed by atoms with Crippen LogP contribution in [0.1, 0.15) is 24.0 Å². The Morgan fingerprint density at radius 2 is 2.13 bits per heavy atom. The minimum Gasteiger partial charge on any atom is -0.481 e. The highest BCUT2D eigenvalue weighted by Crippen LogP contribution is 2.36. The number of hydrogen-bond acceptors (Lipinski definition) is 2. The molecule has 120 valence electrons. The minimum absolute atomic E-state index is 0.265. The van der Waals surface area contributed by atoms with Crippen molar-refractivity contribution in [2.45, 2.75) is 25.4 Å². The van der Waals surface area contributed by atoms with E-state index < -0.39 is 18.1 Å². The van der Waals surface area contributed by atoms with Crippen LogP contribution in [0.2, 0.25) is 5.02 Å². The summed E-state index contributed by atoms with van der Waals surface area (Å²) in [6.45, 7) is 1.90. The van der Waals surface area contributed by atoms with Crippen molar-refractivity contribution in [1.82, 2.24) is 0 Å². The van der Waals surface area contributed by atoms with E-state index in [1.165, 1.54) is 0 Å². The van der Waals surface area contributed by atoms with Crippen molar-refractivity contribution in [3.63, 3.8) is 0 Å². The van der Waals surface area contributed by atoms with Crippen LogP contribution in [0.4, 0.5) is 15.8 Å². The average molecular weight is 334 g/mol. The van der Waals surface area contributed by atoms with Crippen LogP contribution < -0.4 is 4.90 Å². The zero-order valence-electron chi connectivity index (χ0n) is 12.7. The van der Waals surface area contributed by atoms with Gasteiger partial charge in [-0.15, -0.1) is 0 Å². The molecule has 0 fully saturated rings. The lowest BCUT2D eigenvalue weighted by Gasteiger charge is -2.34. The molecule has 2 atom stereocenters. The molecule has 3 nitrogen and oxygen atoms in total. The molecule has 3 rings (SSSR count). The summed E-state index contributed by atoms with van der Waals surface area (Å²) in [4.78, 5) is 13.0. The van der Waals surface area contributed by atoms with Gasteiger partial charge in [0.2, 0.25) is 0 Å². The molecule has 0 saturated carbocycles. The predicted octanol–water partition coefficient (Wildman–Crippen LogP) is 4.56. The Hall–Kier alpha value is -2.07. The molecule has 0 bridgehead atoms. The molecule has 0 spiro atoms. The van der Waals surface area contributed by atoms with Crippen LogP contribution in [0.15, 0.2) is 42.5 Å². The van der Waals surface area contributed by atoms with Crippen LogP contribution in [-0.4, -0.2) is 23.8 Å². The van der Waals surface area contributed by atoms with E-state index in [4.69, 9.17) is 16.7 Å². The molecular formula is C18H17ClFNO2. The first kappa shape index (κ1) is 15.8. The van der Waals surface area contributed by atoms with Gasteiger partial charge < -0.3 is 10.0 Å². The maximum Gasteiger partial charge on any atom is 0.310 e. The van der Waals surface area contributed by atoms with Gasteiger partial charge in [-0.05, 0) is 42.3 Å². The molecule has 0 aromatic heterocycles. The number of fused-ring (bicyclic) bond motifs is 1. The van der Waals surface area contributed by atoms with Gasteiger partial charge in [-0.25, -0.2) is 4.39 Å². The second kappa shape index (κ2) is 6.20. The number of alkyl halides is 1. The lowest BCUT2D eigenvalue weighted by atomic mass is 9.93. The zero-order chi connectivity index (χ0) is 16.6. The van der Waals surface area contributed by atoms with Gasteiger partial charge in [0.15, 0.2) is 0 Å². The summed E-state index contributed by atoms with van der Waals surface area (Å²) < 4.78 is 14.2. The first-order valence-electron chi connectivity index (χ1n) is 7.48. The molecule has 2 unspecified atom stereocenters. The van der Waals surface area contributed by atoms with Crippen molar-refractivity contribution >= 4 is 28.9 Å². The minimum atomic E-state index is -1.00. The highest BCUT2D eigenvalue weighted by molar-refractivity contribution is 6.30. The number of carbonyl (C=O) groups is 1. The molecule has 23 heavy (non-hydrogen) atoms. The van der Waals surface area contributed by atoms with E-state index in [2.05, 4.69) is 0 Å². The van der Waals surface area contributed by atoms with E-state index in [9.17, 15) is 9.18 Å². The van der Waals surface area contributed by atoms with Crippen molar-refractivity contribution in [2.75, 3.05) is 11.4 Å². The van der Waals surface area contributed by atoms with Crippen molar-refractivity contribution in [1.29, 1.82) is 0 Å². The molecule has 2 aromatic rings. The van der Waals surface area contributed by atoms with Crippen molar-refractivity contribution in [3.8, 4) is 0 Å². The van der Waals surface area contributed by atoms with Gasteiger partial charge in [-0.3, -0.25) is 4.79 Å². The van der Waals surface area contributed by atoms with Crippen LogP contribution >= 0.6 is 11.6 Å². The van der Waals surface area contributed by atoms with Gasteiger partial charge in [0.05, 0.1) is 12.5 Å². The molecule has 0 aliphatic carbocycles. The average Bonchev–Trinajstić information content (AvgIpc) is 2.52. The summed E-state index contributed by atoms with van der Waals surface area (Å²) in [7, 11) is 0. The largest absolute Gasteiger partial charge is 0.481 e. The Bertz CT molecular complexity index is 750. The predicted molar refractivity (Wildman–Crippen MR) is 89.6 cm³/mol. The fourth-order valence-electron chi connectivity index (χ4n) is 2.93. The number of hydrogen-bond donors (Lipinski definition) is 1. The third-order valence-electron chi connectivity index (χ3n) is 4.21. The van der Waals surface area contributed by atoms with Gasteiger partial charge in [-0.1, -0.05) is 29.8 Å². The summed E-state index contributed by atoms with van der Waals surface area (Å²) >= 11 is 6.04. The van der Waals surface area contributed by atoms with Gasteiger partial charge >= 0.3 is 5.97 Å². The number of nitrogens with zero attached hydrogens (tertiary/aromatic N) is 1. The van der Waals surface area contributed by atoms with Gasteiger partial charge in [-0.2, -0.15) is 0 Å². The fourth-order valence-corrected chi connectivity index (χ4v) is 3.12. The Balaban J connectivity index is 2.03. The SMILES string of the molecule is CC(C(=O)O)c1ccc2c(c1)CC(F)CN2c1cccc(Cl)c1. The van der Waals surface area contributed by atoms with Crippen molar-refractivity contribution in [3.05, 3.63) is 58.6 Å². The smallest absolute Gasteiger partial charge is 0.310 e. The van der Waals surface area contributed by atoms with E-state index in [1.807, 2.05) is 23.1 Å². The molecule has 1 aliphatic heterocycles. The first-order valence-corrected chi connectivity index (χ1v) is 7.86. The molecule has 2 aromatic carbocycles. The lowest BCUT2D eigenvalue weighted by Crippen LogP contribution is -2.33. The third kappa shape index (κ3) is 3.17. The molecule has 0 radical (unpaired) electrons. The Kier molecular flexibility index (Phi) is 4.26. The van der Waals surface area contributed by atoms with Gasteiger partial charge in [0.25, 0.3) is 0 Å². The van der Waals surface area contributed by atoms with E-state index in [1.54, 1.807) is 31.2 Å². The van der Waals surface area contributed by atoms with E-state index in [-0.39, 0.29) is 6.54 Å². The van der Waals surface area contributed by atoms with E-state index >= 15 is 0 Å². The Labute approximate surface area is 139 Å². The standard InChI is InChI=1S/C18H17ClFNO2/c1-11(18(22)23)12-5-6-17-13(7-12)8-15(20)10-21(17)16-4-2-3-14(19)9-16/h2-7,9,11,15H,8,10H2,1H3,(H,22,23). The Morgan fingerprint density at radius 3 is 2.83 bits per heavy atom. The maximum atomic E-state index is 14.2. The molecule has 0 saturated heterocycles. The maximum absolute atomic E-state index is 14.2. The van der Waals surface area contributed by atoms with E-state index in [0.29, 0.717) is 17.0 Å². The van der Waals surface area contributed by atoms with Crippen LogP contribution in [0.5, 0.6) is 0 Å². The normalized spacial score (nSPS) is 18.4. The second-order valence-corrected chi connectivity index (χ2v) is 6.28. The highest BCUT2D eigenvalue weighted by atomic mass is 35.5. The first-order chi connectivity index (χ1) is 11.0. The molecule has 0 amide bonds. The molecule has 1 aliphatic rings. The van der Waals surface area contributed by atoms with Crippen molar-refractivity contribution in [2.24, 2.45) is 0 Å².